The largest absolute Gasteiger partial charge is 0.480 e. The number of hydrogen-bond acceptors (Lipinski definition) is 4. The molecule has 0 aliphatic carbocycles. The molecule has 0 bridgehead atoms. The average Bonchev–Trinajstić information content (AvgIpc) is 3.06. The Labute approximate surface area is 147 Å². The molecule has 2 rings (SSSR count). The van der Waals surface area contributed by atoms with Gasteiger partial charge in [-0.3, -0.25) is 4.79 Å². The summed E-state index contributed by atoms with van der Waals surface area (Å²) in [4.78, 5) is 27.3. The van der Waals surface area contributed by atoms with Crippen LogP contribution in [0.2, 0.25) is 0 Å². The molecule has 6 nitrogen and oxygen atoms in total. The van der Waals surface area contributed by atoms with Gasteiger partial charge in [-0.15, -0.1) is 0 Å². The maximum Gasteiger partial charge on any atom is 0.326 e. The molecule has 0 saturated carbocycles. The number of benzene rings is 1. The summed E-state index contributed by atoms with van der Waals surface area (Å²) < 4.78 is 5.67. The van der Waals surface area contributed by atoms with Crippen molar-refractivity contribution < 1.29 is 19.1 Å². The molecule has 1 aromatic heterocycles. The molecule has 0 radical (unpaired) electrons. The molecule has 1 heterocycles. The molecular formula is C19H24N2O4. The van der Waals surface area contributed by atoms with E-state index in [2.05, 4.69) is 10.3 Å². The maximum absolute atomic E-state index is 12.0. The molecule has 0 aliphatic rings. The first-order chi connectivity index (χ1) is 12.0. The first-order valence-electron chi connectivity index (χ1n) is 8.53. The van der Waals surface area contributed by atoms with Gasteiger partial charge in [-0.25, -0.2) is 9.78 Å². The summed E-state index contributed by atoms with van der Waals surface area (Å²) in [5.74, 6) is -0.189. The average molecular weight is 344 g/mol. The minimum atomic E-state index is -1.00. The van der Waals surface area contributed by atoms with Gasteiger partial charge in [0.2, 0.25) is 5.91 Å². The van der Waals surface area contributed by atoms with Crippen molar-refractivity contribution in [2.24, 2.45) is 0 Å². The first kappa shape index (κ1) is 18.7. The number of aliphatic carboxylic acids is 1. The SMILES string of the molecule is CCCC[C@H](NC(=O)CCc1ncc(-c2ccc(C)cc2)o1)C(=O)O. The normalized spacial score (nSPS) is 11.9. The summed E-state index contributed by atoms with van der Waals surface area (Å²) in [6, 6.07) is 7.07. The van der Waals surface area contributed by atoms with Gasteiger partial charge in [0.1, 0.15) is 6.04 Å². The molecule has 0 fully saturated rings. The summed E-state index contributed by atoms with van der Waals surface area (Å²) in [7, 11) is 0. The maximum atomic E-state index is 12.0. The second kappa shape index (κ2) is 9.01. The van der Waals surface area contributed by atoms with E-state index in [1.807, 2.05) is 38.1 Å². The van der Waals surface area contributed by atoms with E-state index in [-0.39, 0.29) is 12.3 Å². The Morgan fingerprint density at radius 2 is 2.00 bits per heavy atom. The zero-order chi connectivity index (χ0) is 18.2. The van der Waals surface area contributed by atoms with Gasteiger partial charge < -0.3 is 14.8 Å². The molecule has 0 unspecified atom stereocenters. The summed E-state index contributed by atoms with van der Waals surface area (Å²) >= 11 is 0. The molecule has 1 amide bonds. The molecule has 0 saturated heterocycles. The lowest BCUT2D eigenvalue weighted by atomic mass is 10.1. The Morgan fingerprint density at radius 3 is 2.64 bits per heavy atom. The van der Waals surface area contributed by atoms with Crippen LogP contribution in [0.1, 0.15) is 44.1 Å². The highest BCUT2D eigenvalue weighted by Gasteiger charge is 2.19. The molecule has 0 aliphatic heterocycles. The number of hydrogen-bond donors (Lipinski definition) is 2. The van der Waals surface area contributed by atoms with Gasteiger partial charge in [0.15, 0.2) is 11.7 Å². The molecule has 2 aromatic rings. The number of carbonyl (C=O) groups excluding carboxylic acids is 1. The van der Waals surface area contributed by atoms with Crippen molar-refractivity contribution in [3.8, 4) is 11.3 Å². The van der Waals surface area contributed by atoms with Crippen LogP contribution < -0.4 is 5.32 Å². The second-order valence-electron chi connectivity index (χ2n) is 6.08. The number of oxazole rings is 1. The number of carboxylic acid groups (broad SMARTS) is 1. The smallest absolute Gasteiger partial charge is 0.326 e. The fourth-order valence-corrected chi connectivity index (χ4v) is 2.43. The topological polar surface area (TPSA) is 92.4 Å². The Kier molecular flexibility index (Phi) is 6.74. The van der Waals surface area contributed by atoms with Crippen LogP contribution in [0.4, 0.5) is 0 Å². The van der Waals surface area contributed by atoms with Gasteiger partial charge >= 0.3 is 5.97 Å². The van der Waals surface area contributed by atoms with Crippen LogP contribution in [-0.2, 0) is 16.0 Å². The van der Waals surface area contributed by atoms with Crippen molar-refractivity contribution in [2.75, 3.05) is 0 Å². The third-order valence-corrected chi connectivity index (χ3v) is 3.94. The molecule has 0 spiro atoms. The summed E-state index contributed by atoms with van der Waals surface area (Å²) in [5.41, 5.74) is 2.09. The van der Waals surface area contributed by atoms with Gasteiger partial charge in [0, 0.05) is 18.4 Å². The number of aryl methyl sites for hydroxylation is 2. The number of carbonyl (C=O) groups is 2. The lowest BCUT2D eigenvalue weighted by molar-refractivity contribution is -0.142. The van der Waals surface area contributed by atoms with E-state index in [0.717, 1.165) is 24.0 Å². The number of aromatic nitrogens is 1. The van der Waals surface area contributed by atoms with Crippen LogP contribution in [0.25, 0.3) is 11.3 Å². The number of amides is 1. The number of carboxylic acids is 1. The van der Waals surface area contributed by atoms with Crippen LogP contribution in [0.3, 0.4) is 0 Å². The third kappa shape index (κ3) is 5.74. The summed E-state index contributed by atoms with van der Waals surface area (Å²) in [6.45, 7) is 3.99. The molecule has 6 heteroatoms. The standard InChI is InChI=1S/C19H24N2O4/c1-3-4-5-15(19(23)24)21-17(22)10-11-18-20-12-16(25-18)14-8-6-13(2)7-9-14/h6-9,12,15H,3-5,10-11H2,1-2H3,(H,21,22)(H,23,24)/t15-/m0/s1. The highest BCUT2D eigenvalue weighted by atomic mass is 16.4. The molecule has 25 heavy (non-hydrogen) atoms. The fraction of sp³-hybridized carbons (Fsp3) is 0.421. The minimum Gasteiger partial charge on any atom is -0.480 e. The van der Waals surface area contributed by atoms with E-state index in [1.165, 1.54) is 0 Å². The molecular weight excluding hydrogens is 320 g/mol. The van der Waals surface area contributed by atoms with Crippen molar-refractivity contribution in [3.63, 3.8) is 0 Å². The first-order valence-corrected chi connectivity index (χ1v) is 8.53. The highest BCUT2D eigenvalue weighted by Crippen LogP contribution is 2.21. The van der Waals surface area contributed by atoms with Crippen molar-refractivity contribution in [1.29, 1.82) is 0 Å². The number of nitrogens with one attached hydrogen (secondary N) is 1. The quantitative estimate of drug-likeness (QED) is 0.728. The number of unbranched alkanes of at least 4 members (excludes halogenated alkanes) is 1. The van der Waals surface area contributed by atoms with Crippen LogP contribution in [0, 0.1) is 6.92 Å². The Bertz CT molecular complexity index is 706. The zero-order valence-corrected chi connectivity index (χ0v) is 14.6. The summed E-state index contributed by atoms with van der Waals surface area (Å²) in [5, 5.41) is 11.7. The van der Waals surface area contributed by atoms with Crippen LogP contribution in [-0.4, -0.2) is 28.0 Å². The van der Waals surface area contributed by atoms with Gasteiger partial charge in [-0.05, 0) is 13.3 Å². The van der Waals surface area contributed by atoms with Crippen molar-refractivity contribution >= 4 is 11.9 Å². The van der Waals surface area contributed by atoms with E-state index in [0.29, 0.717) is 24.5 Å². The van der Waals surface area contributed by atoms with Gasteiger partial charge in [-0.1, -0.05) is 49.6 Å². The van der Waals surface area contributed by atoms with Crippen LogP contribution in [0.5, 0.6) is 0 Å². The van der Waals surface area contributed by atoms with E-state index in [1.54, 1.807) is 6.20 Å². The predicted molar refractivity (Wildman–Crippen MR) is 94.1 cm³/mol. The minimum absolute atomic E-state index is 0.143. The molecule has 1 aromatic carbocycles. The molecule has 1 atom stereocenters. The third-order valence-electron chi connectivity index (χ3n) is 3.94. The fourth-order valence-electron chi connectivity index (χ4n) is 2.43. The number of rotatable bonds is 9. The van der Waals surface area contributed by atoms with Gasteiger partial charge in [0.05, 0.1) is 6.20 Å². The summed E-state index contributed by atoms with van der Waals surface area (Å²) in [6.07, 6.45) is 4.20. The van der Waals surface area contributed by atoms with E-state index in [4.69, 9.17) is 9.52 Å². The van der Waals surface area contributed by atoms with Gasteiger partial charge in [-0.2, -0.15) is 0 Å². The Balaban J connectivity index is 1.87. The monoisotopic (exact) mass is 344 g/mol. The molecule has 134 valence electrons. The Hall–Kier alpha value is -2.63. The highest BCUT2D eigenvalue weighted by molar-refractivity contribution is 5.83. The molecule has 2 N–H and O–H groups in total. The van der Waals surface area contributed by atoms with Crippen molar-refractivity contribution in [2.45, 2.75) is 52.0 Å². The van der Waals surface area contributed by atoms with Crippen LogP contribution in [0.15, 0.2) is 34.9 Å². The van der Waals surface area contributed by atoms with Crippen molar-refractivity contribution in [1.82, 2.24) is 10.3 Å². The lowest BCUT2D eigenvalue weighted by Gasteiger charge is -2.13. The Morgan fingerprint density at radius 1 is 1.28 bits per heavy atom. The van der Waals surface area contributed by atoms with E-state index >= 15 is 0 Å². The lowest BCUT2D eigenvalue weighted by Crippen LogP contribution is -2.40. The van der Waals surface area contributed by atoms with E-state index < -0.39 is 12.0 Å². The van der Waals surface area contributed by atoms with Crippen molar-refractivity contribution in [3.05, 3.63) is 41.9 Å². The zero-order valence-electron chi connectivity index (χ0n) is 14.6. The van der Waals surface area contributed by atoms with E-state index in [9.17, 15) is 9.59 Å². The van der Waals surface area contributed by atoms with Crippen LogP contribution >= 0.6 is 0 Å². The predicted octanol–water partition coefficient (Wildman–Crippen LogP) is 3.34. The van der Waals surface area contributed by atoms with Gasteiger partial charge in [0.25, 0.3) is 0 Å². The second-order valence-corrected chi connectivity index (χ2v) is 6.08. The number of nitrogens with zero attached hydrogens (tertiary/aromatic N) is 1.